The average Bonchev–Trinajstić information content (AvgIpc) is 2.24. The molecule has 0 aliphatic rings. The number of rotatable bonds is 4. The predicted octanol–water partition coefficient (Wildman–Crippen LogP) is 2.02. The molecule has 2 N–H and O–H groups in total. The van der Waals surface area contributed by atoms with Gasteiger partial charge in [-0.25, -0.2) is 9.97 Å². The number of nitrogens with zero attached hydrogens (tertiary/aromatic N) is 2. The van der Waals surface area contributed by atoms with Crippen molar-refractivity contribution in [2.45, 2.75) is 39.7 Å². The maximum Gasteiger partial charge on any atom is 0.239 e. The van der Waals surface area contributed by atoms with Crippen LogP contribution in [0.3, 0.4) is 0 Å². The van der Waals surface area contributed by atoms with E-state index in [1.165, 1.54) is 6.33 Å². The van der Waals surface area contributed by atoms with Gasteiger partial charge in [0.05, 0.1) is 6.54 Å². The van der Waals surface area contributed by atoms with E-state index in [1.54, 1.807) is 0 Å². The molecule has 0 aromatic carbocycles. The Morgan fingerprint density at radius 3 is 2.61 bits per heavy atom. The van der Waals surface area contributed by atoms with Crippen molar-refractivity contribution in [3.63, 3.8) is 0 Å². The highest BCUT2D eigenvalue weighted by Gasteiger charge is 2.14. The average molecular weight is 271 g/mol. The third-order valence-electron chi connectivity index (χ3n) is 2.18. The number of halogens is 1. The van der Waals surface area contributed by atoms with E-state index in [4.69, 9.17) is 11.6 Å². The van der Waals surface area contributed by atoms with Crippen LogP contribution >= 0.6 is 11.6 Å². The fourth-order valence-corrected chi connectivity index (χ4v) is 1.75. The van der Waals surface area contributed by atoms with Crippen LogP contribution in [0.5, 0.6) is 0 Å². The van der Waals surface area contributed by atoms with Gasteiger partial charge in [0.1, 0.15) is 17.3 Å². The van der Waals surface area contributed by atoms with E-state index in [2.05, 4.69) is 20.6 Å². The van der Waals surface area contributed by atoms with Crippen LogP contribution in [0.2, 0.25) is 5.15 Å². The highest BCUT2D eigenvalue weighted by molar-refractivity contribution is 6.30. The normalized spacial score (nSPS) is 11.2. The van der Waals surface area contributed by atoms with Crippen LogP contribution in [0.15, 0.2) is 6.33 Å². The van der Waals surface area contributed by atoms with Crippen molar-refractivity contribution in [2.24, 2.45) is 0 Å². The highest BCUT2D eigenvalue weighted by Crippen LogP contribution is 2.19. The van der Waals surface area contributed by atoms with Crippen LogP contribution in [-0.2, 0) is 11.2 Å². The van der Waals surface area contributed by atoms with Gasteiger partial charge < -0.3 is 10.6 Å². The first-order chi connectivity index (χ1) is 8.33. The monoisotopic (exact) mass is 270 g/mol. The Hall–Kier alpha value is -1.36. The number of anilines is 1. The van der Waals surface area contributed by atoms with Crippen molar-refractivity contribution < 1.29 is 4.79 Å². The molecule has 5 nitrogen and oxygen atoms in total. The molecule has 0 unspecified atom stereocenters. The summed E-state index contributed by atoms with van der Waals surface area (Å²) >= 11 is 5.96. The first kappa shape index (κ1) is 14.7. The number of nitrogens with one attached hydrogen (secondary N) is 2. The summed E-state index contributed by atoms with van der Waals surface area (Å²) in [5, 5.41) is 6.27. The van der Waals surface area contributed by atoms with Gasteiger partial charge >= 0.3 is 0 Å². The summed E-state index contributed by atoms with van der Waals surface area (Å²) in [6.45, 7) is 7.93. The number of aromatic nitrogens is 2. The number of carbonyl (C=O) groups is 1. The predicted molar refractivity (Wildman–Crippen MR) is 72.8 cm³/mol. The zero-order valence-electron chi connectivity index (χ0n) is 11.2. The Labute approximate surface area is 112 Å². The van der Waals surface area contributed by atoms with Gasteiger partial charge in [-0.15, -0.1) is 0 Å². The number of amides is 1. The minimum atomic E-state index is -0.240. The Bertz CT molecular complexity index is 429. The minimum absolute atomic E-state index is 0.0840. The fourth-order valence-electron chi connectivity index (χ4n) is 1.48. The molecule has 0 aliphatic carbocycles. The van der Waals surface area contributed by atoms with Crippen molar-refractivity contribution in [3.05, 3.63) is 17.0 Å². The second kappa shape index (κ2) is 6.00. The van der Waals surface area contributed by atoms with Crippen LogP contribution < -0.4 is 10.6 Å². The quantitative estimate of drug-likeness (QED) is 0.822. The molecular weight excluding hydrogens is 252 g/mol. The summed E-state index contributed by atoms with van der Waals surface area (Å²) in [5.41, 5.74) is 0.582. The second-order valence-electron chi connectivity index (χ2n) is 5.00. The van der Waals surface area contributed by atoms with Gasteiger partial charge in [0.15, 0.2) is 0 Å². The van der Waals surface area contributed by atoms with Crippen LogP contribution in [0.4, 0.5) is 5.82 Å². The molecule has 0 saturated carbocycles. The van der Waals surface area contributed by atoms with Gasteiger partial charge in [-0.05, 0) is 27.2 Å². The molecule has 0 aliphatic heterocycles. The van der Waals surface area contributed by atoms with Gasteiger partial charge in [0, 0.05) is 11.1 Å². The van der Waals surface area contributed by atoms with Crippen molar-refractivity contribution in [3.8, 4) is 0 Å². The molecule has 6 heteroatoms. The van der Waals surface area contributed by atoms with Gasteiger partial charge in [-0.1, -0.05) is 18.5 Å². The molecule has 0 spiro atoms. The van der Waals surface area contributed by atoms with Crippen molar-refractivity contribution in [2.75, 3.05) is 11.9 Å². The zero-order valence-corrected chi connectivity index (χ0v) is 11.9. The molecule has 1 rings (SSSR count). The summed E-state index contributed by atoms with van der Waals surface area (Å²) in [7, 11) is 0. The Balaban J connectivity index is 2.64. The summed E-state index contributed by atoms with van der Waals surface area (Å²) in [6, 6.07) is 0. The zero-order chi connectivity index (χ0) is 13.8. The Kier molecular flexibility index (Phi) is 4.90. The van der Waals surface area contributed by atoms with Gasteiger partial charge in [0.2, 0.25) is 5.91 Å². The van der Waals surface area contributed by atoms with Gasteiger partial charge in [-0.3, -0.25) is 4.79 Å². The highest BCUT2D eigenvalue weighted by atomic mass is 35.5. The van der Waals surface area contributed by atoms with Crippen molar-refractivity contribution in [1.29, 1.82) is 0 Å². The maximum atomic E-state index is 11.7. The van der Waals surface area contributed by atoms with E-state index in [1.807, 2.05) is 27.7 Å². The molecule has 0 atom stereocenters. The number of hydrogen-bond donors (Lipinski definition) is 2. The van der Waals surface area contributed by atoms with Gasteiger partial charge in [-0.2, -0.15) is 0 Å². The third-order valence-corrected chi connectivity index (χ3v) is 2.50. The second-order valence-corrected chi connectivity index (χ2v) is 5.35. The molecular formula is C12H19ClN4O. The van der Waals surface area contributed by atoms with Crippen LogP contribution in [0.1, 0.15) is 33.3 Å². The molecule has 0 saturated heterocycles. The first-order valence-corrected chi connectivity index (χ1v) is 6.25. The molecule has 18 heavy (non-hydrogen) atoms. The molecule has 0 bridgehead atoms. The molecule has 1 aromatic heterocycles. The maximum absolute atomic E-state index is 11.7. The van der Waals surface area contributed by atoms with Crippen molar-refractivity contribution >= 4 is 23.3 Å². The largest absolute Gasteiger partial charge is 0.361 e. The standard InChI is InChI=1S/C12H19ClN4O/c1-5-8-10(13)15-7-16-11(8)14-6-9(18)17-12(2,3)4/h7H,5-6H2,1-4H3,(H,17,18)(H,14,15,16). The van der Waals surface area contributed by atoms with Crippen LogP contribution in [-0.4, -0.2) is 28.0 Å². The van der Waals surface area contributed by atoms with Crippen LogP contribution in [0.25, 0.3) is 0 Å². The Morgan fingerprint density at radius 1 is 1.39 bits per heavy atom. The molecule has 0 radical (unpaired) electrons. The fraction of sp³-hybridized carbons (Fsp3) is 0.583. The first-order valence-electron chi connectivity index (χ1n) is 5.87. The SMILES string of the molecule is CCc1c(Cl)ncnc1NCC(=O)NC(C)(C)C. The molecule has 100 valence electrons. The van der Waals surface area contributed by atoms with E-state index < -0.39 is 0 Å². The minimum Gasteiger partial charge on any atom is -0.361 e. The Morgan fingerprint density at radius 2 is 2.06 bits per heavy atom. The summed E-state index contributed by atoms with van der Waals surface area (Å²) < 4.78 is 0. The summed E-state index contributed by atoms with van der Waals surface area (Å²) in [5.74, 6) is 0.529. The molecule has 1 heterocycles. The lowest BCUT2D eigenvalue weighted by Gasteiger charge is -2.20. The number of hydrogen-bond acceptors (Lipinski definition) is 4. The van der Waals surface area contributed by atoms with Crippen molar-refractivity contribution in [1.82, 2.24) is 15.3 Å². The van der Waals surface area contributed by atoms with E-state index in [0.29, 0.717) is 17.4 Å². The lowest BCUT2D eigenvalue weighted by Crippen LogP contribution is -2.43. The third kappa shape index (κ3) is 4.49. The summed E-state index contributed by atoms with van der Waals surface area (Å²) in [4.78, 5) is 19.7. The molecule has 1 amide bonds. The molecule has 0 fully saturated rings. The van der Waals surface area contributed by atoms with E-state index >= 15 is 0 Å². The van der Waals surface area contributed by atoms with E-state index in [9.17, 15) is 4.79 Å². The molecule has 1 aromatic rings. The van der Waals surface area contributed by atoms with Gasteiger partial charge in [0.25, 0.3) is 0 Å². The lowest BCUT2D eigenvalue weighted by atomic mass is 10.1. The smallest absolute Gasteiger partial charge is 0.239 e. The van der Waals surface area contributed by atoms with Crippen LogP contribution in [0, 0.1) is 0 Å². The van der Waals surface area contributed by atoms with E-state index in [-0.39, 0.29) is 18.0 Å². The van der Waals surface area contributed by atoms with E-state index in [0.717, 1.165) is 5.56 Å². The lowest BCUT2D eigenvalue weighted by molar-refractivity contribution is -0.120. The number of carbonyl (C=O) groups excluding carboxylic acids is 1. The summed E-state index contributed by atoms with van der Waals surface area (Å²) in [6.07, 6.45) is 2.09. The topological polar surface area (TPSA) is 66.9 Å².